The van der Waals surface area contributed by atoms with Crippen molar-refractivity contribution in [3.63, 3.8) is 0 Å². The molecule has 5 rings (SSSR count). The van der Waals surface area contributed by atoms with Gasteiger partial charge in [0.15, 0.2) is 0 Å². The van der Waals surface area contributed by atoms with E-state index in [0.29, 0.717) is 43.1 Å². The summed E-state index contributed by atoms with van der Waals surface area (Å²) in [6.07, 6.45) is 7.33. The smallest absolute Gasteiger partial charge is 0.254 e. The Morgan fingerprint density at radius 3 is 2.26 bits per heavy atom. The van der Waals surface area contributed by atoms with Gasteiger partial charge < -0.3 is 20.3 Å². The number of hydrogen-bond donors (Lipinski definition) is 1. The summed E-state index contributed by atoms with van der Waals surface area (Å²) in [4.78, 5) is 28.4. The zero-order chi connectivity index (χ0) is 26.9. The Morgan fingerprint density at radius 1 is 0.974 bits per heavy atom. The van der Waals surface area contributed by atoms with Crippen molar-refractivity contribution in [1.29, 1.82) is 0 Å². The summed E-state index contributed by atoms with van der Waals surface area (Å²) in [5.41, 5.74) is 6.16. The largest absolute Gasteiger partial charge is 0.493 e. The van der Waals surface area contributed by atoms with Crippen LogP contribution in [0.1, 0.15) is 62.2 Å². The van der Waals surface area contributed by atoms with E-state index in [1.165, 1.54) is 55.0 Å². The Morgan fingerprint density at radius 2 is 1.66 bits per heavy atom. The van der Waals surface area contributed by atoms with Gasteiger partial charge in [-0.2, -0.15) is 0 Å². The van der Waals surface area contributed by atoms with Gasteiger partial charge in [0.25, 0.3) is 5.91 Å². The van der Waals surface area contributed by atoms with Crippen molar-refractivity contribution in [2.75, 3.05) is 32.8 Å². The predicted molar refractivity (Wildman–Crippen MR) is 142 cm³/mol. The highest BCUT2D eigenvalue weighted by molar-refractivity contribution is 5.98. The van der Waals surface area contributed by atoms with Crippen LogP contribution in [0, 0.1) is 23.0 Å². The van der Waals surface area contributed by atoms with Crippen LogP contribution in [0.3, 0.4) is 0 Å². The quantitative estimate of drug-likeness (QED) is 0.526. The molecule has 8 heteroatoms. The van der Waals surface area contributed by atoms with Crippen molar-refractivity contribution in [2.45, 2.75) is 57.9 Å². The first-order valence-electron chi connectivity index (χ1n) is 13.8. The summed E-state index contributed by atoms with van der Waals surface area (Å²) in [5.74, 6) is -1.45. The van der Waals surface area contributed by atoms with E-state index in [1.54, 1.807) is 6.07 Å². The fourth-order valence-electron chi connectivity index (χ4n) is 6.15. The first kappa shape index (κ1) is 26.6. The molecule has 204 valence electrons. The second-order valence-electron chi connectivity index (χ2n) is 11.6. The minimum Gasteiger partial charge on any atom is -0.493 e. The van der Waals surface area contributed by atoms with E-state index in [-0.39, 0.29) is 16.7 Å². The maximum Gasteiger partial charge on any atom is 0.254 e. The number of halogens is 2. The molecule has 0 spiro atoms. The third-order valence-corrected chi connectivity index (χ3v) is 8.65. The summed E-state index contributed by atoms with van der Waals surface area (Å²) >= 11 is 0. The van der Waals surface area contributed by atoms with Gasteiger partial charge in [-0.1, -0.05) is 19.4 Å². The van der Waals surface area contributed by atoms with Gasteiger partial charge in [0.05, 0.1) is 6.61 Å². The highest BCUT2D eigenvalue weighted by atomic mass is 19.1. The molecule has 1 aliphatic carbocycles. The lowest BCUT2D eigenvalue weighted by atomic mass is 9.70. The Bertz CT molecular complexity index is 1190. The lowest BCUT2D eigenvalue weighted by Gasteiger charge is -2.44. The summed E-state index contributed by atoms with van der Waals surface area (Å²) in [6, 6.07) is 7.73. The van der Waals surface area contributed by atoms with Crippen LogP contribution in [0.5, 0.6) is 5.75 Å². The Labute approximate surface area is 223 Å². The molecule has 2 aromatic carbocycles. The molecule has 0 radical (unpaired) electrons. The molecule has 3 aliphatic rings. The minimum absolute atomic E-state index is 0.0611. The van der Waals surface area contributed by atoms with E-state index < -0.39 is 29.5 Å². The summed E-state index contributed by atoms with van der Waals surface area (Å²) in [5, 5.41) is 0. The van der Waals surface area contributed by atoms with E-state index >= 15 is 4.39 Å². The van der Waals surface area contributed by atoms with Gasteiger partial charge in [0, 0.05) is 35.8 Å². The molecule has 1 unspecified atom stereocenters. The molecule has 2 saturated heterocycles. The average Bonchev–Trinajstić information content (AvgIpc) is 3.38. The molecule has 2 N–H and O–H groups in total. The van der Waals surface area contributed by atoms with Crippen LogP contribution < -0.4 is 10.5 Å². The number of nitrogens with two attached hydrogens (primary N) is 1. The molecule has 3 fully saturated rings. The Balaban J connectivity index is 1.17. The molecule has 0 bridgehead atoms. The number of nitrogens with zero attached hydrogens (tertiary/aromatic N) is 2. The standard InChI is InChI=1S/C30H37F2N3O3/c1-30(11-3-12-30)19-34-14-9-20(10-15-34)18-38-22-6-8-24(26(32)17-22)23-7-5-21(16-25(23)31)29(37)35-13-2-4-27(35)28(33)36/h5-8,16-17,20,27H,2-4,9-15,18-19H2,1H3,(H2,33,36). The summed E-state index contributed by atoms with van der Waals surface area (Å²) in [6.45, 7) is 6.66. The van der Waals surface area contributed by atoms with Crippen LogP contribution in [-0.2, 0) is 4.79 Å². The van der Waals surface area contributed by atoms with Crippen LogP contribution in [-0.4, -0.2) is 60.4 Å². The van der Waals surface area contributed by atoms with Gasteiger partial charge in [-0.05, 0) is 87.2 Å². The van der Waals surface area contributed by atoms with Crippen molar-refractivity contribution >= 4 is 11.8 Å². The molecule has 2 aliphatic heterocycles. The van der Waals surface area contributed by atoms with Crippen LogP contribution >= 0.6 is 0 Å². The molecular formula is C30H37F2N3O3. The van der Waals surface area contributed by atoms with Crippen molar-refractivity contribution < 1.29 is 23.1 Å². The maximum atomic E-state index is 15.0. The number of primary amides is 1. The van der Waals surface area contributed by atoms with Crippen LogP contribution in [0.2, 0.25) is 0 Å². The zero-order valence-corrected chi connectivity index (χ0v) is 22.1. The number of ether oxygens (including phenoxy) is 1. The minimum atomic E-state index is -0.708. The van der Waals surface area contributed by atoms with Crippen molar-refractivity contribution in [3.8, 4) is 16.9 Å². The number of piperidine rings is 1. The lowest BCUT2D eigenvalue weighted by Crippen LogP contribution is -2.44. The van der Waals surface area contributed by atoms with Gasteiger partial charge in [-0.3, -0.25) is 9.59 Å². The molecule has 38 heavy (non-hydrogen) atoms. The van der Waals surface area contributed by atoms with Crippen molar-refractivity contribution in [1.82, 2.24) is 9.80 Å². The normalized spacial score (nSPS) is 21.8. The van der Waals surface area contributed by atoms with Gasteiger partial charge in [0.1, 0.15) is 23.4 Å². The van der Waals surface area contributed by atoms with Gasteiger partial charge in [0.2, 0.25) is 5.91 Å². The number of carbonyl (C=O) groups is 2. The van der Waals surface area contributed by atoms with Crippen LogP contribution in [0.25, 0.3) is 11.1 Å². The van der Waals surface area contributed by atoms with E-state index in [2.05, 4.69) is 11.8 Å². The summed E-state index contributed by atoms with van der Waals surface area (Å²) in [7, 11) is 0. The average molecular weight is 526 g/mol. The number of carbonyl (C=O) groups excluding carboxylic acids is 2. The number of hydrogen-bond acceptors (Lipinski definition) is 4. The third-order valence-electron chi connectivity index (χ3n) is 8.65. The number of benzene rings is 2. The fourth-order valence-corrected chi connectivity index (χ4v) is 6.15. The highest BCUT2D eigenvalue weighted by Crippen LogP contribution is 2.41. The molecule has 0 aromatic heterocycles. The summed E-state index contributed by atoms with van der Waals surface area (Å²) < 4.78 is 35.9. The molecule has 1 saturated carbocycles. The monoisotopic (exact) mass is 525 g/mol. The highest BCUT2D eigenvalue weighted by Gasteiger charge is 2.35. The number of amides is 2. The first-order valence-corrected chi connectivity index (χ1v) is 13.8. The molecule has 2 aromatic rings. The second-order valence-corrected chi connectivity index (χ2v) is 11.6. The van der Waals surface area contributed by atoms with Crippen LogP contribution in [0.15, 0.2) is 36.4 Å². The second kappa shape index (κ2) is 11.0. The fraction of sp³-hybridized carbons (Fsp3) is 0.533. The molecule has 2 amide bonds. The topological polar surface area (TPSA) is 75.9 Å². The molecule has 6 nitrogen and oxygen atoms in total. The SMILES string of the molecule is CC1(CN2CCC(COc3ccc(-c4ccc(C(=O)N5CCCC5C(N)=O)cc4F)c(F)c3)CC2)CCC1. The van der Waals surface area contributed by atoms with Crippen molar-refractivity contribution in [3.05, 3.63) is 53.6 Å². The molecule has 1 atom stereocenters. The zero-order valence-electron chi connectivity index (χ0n) is 22.1. The van der Waals surface area contributed by atoms with E-state index in [4.69, 9.17) is 10.5 Å². The first-order chi connectivity index (χ1) is 18.2. The van der Waals surface area contributed by atoms with Gasteiger partial charge in [-0.15, -0.1) is 0 Å². The maximum absolute atomic E-state index is 15.0. The number of likely N-dealkylation sites (tertiary alicyclic amines) is 2. The lowest BCUT2D eigenvalue weighted by molar-refractivity contribution is -0.121. The predicted octanol–water partition coefficient (Wildman–Crippen LogP) is 5.00. The third kappa shape index (κ3) is 5.70. The van der Waals surface area contributed by atoms with Crippen LogP contribution in [0.4, 0.5) is 8.78 Å². The van der Waals surface area contributed by atoms with E-state index in [9.17, 15) is 14.0 Å². The van der Waals surface area contributed by atoms with Gasteiger partial charge in [-0.25, -0.2) is 8.78 Å². The Kier molecular flexibility index (Phi) is 7.70. The number of rotatable bonds is 8. The Hall–Kier alpha value is -3.00. The van der Waals surface area contributed by atoms with Crippen molar-refractivity contribution in [2.24, 2.45) is 17.1 Å². The van der Waals surface area contributed by atoms with E-state index in [1.807, 2.05) is 0 Å². The molecular weight excluding hydrogens is 488 g/mol. The van der Waals surface area contributed by atoms with E-state index in [0.717, 1.165) is 32.0 Å². The van der Waals surface area contributed by atoms with Gasteiger partial charge >= 0.3 is 0 Å². The molecule has 2 heterocycles.